The first-order valence-electron chi connectivity index (χ1n) is 11.3. The van der Waals surface area contributed by atoms with Gasteiger partial charge in [-0.3, -0.25) is 0 Å². The van der Waals surface area contributed by atoms with Crippen LogP contribution in [0.1, 0.15) is 0 Å². The van der Waals surface area contributed by atoms with Crippen molar-refractivity contribution in [2.24, 2.45) is 0 Å². The number of nitrogens with one attached hydrogen (secondary N) is 2. The Labute approximate surface area is 199 Å². The fourth-order valence-corrected chi connectivity index (χ4v) is 4.85. The lowest BCUT2D eigenvalue weighted by atomic mass is 10.1. The van der Waals surface area contributed by atoms with Crippen LogP contribution in [0.4, 0.5) is 20.2 Å². The molecular formula is C29H19F2N3O. The van der Waals surface area contributed by atoms with Crippen LogP contribution in [0, 0.1) is 11.6 Å². The molecule has 7 rings (SSSR count). The Morgan fingerprint density at radius 2 is 1.09 bits per heavy atom. The van der Waals surface area contributed by atoms with Gasteiger partial charge in [0, 0.05) is 51.4 Å². The van der Waals surface area contributed by atoms with Gasteiger partial charge in [0.25, 0.3) is 0 Å². The zero-order valence-electron chi connectivity index (χ0n) is 18.7. The second kappa shape index (κ2) is 7.21. The third-order valence-electron chi connectivity index (χ3n) is 6.65. The third-order valence-corrected chi connectivity index (χ3v) is 6.65. The Bertz CT molecular complexity index is 1650. The number of H-pyrrole nitrogens is 2. The fraction of sp³-hybridized carbons (Fsp3) is 0.0345. The van der Waals surface area contributed by atoms with Crippen LogP contribution >= 0.6 is 0 Å². The van der Waals surface area contributed by atoms with E-state index < -0.39 is 0 Å². The summed E-state index contributed by atoms with van der Waals surface area (Å²) in [6.07, 6.45) is 0. The summed E-state index contributed by atoms with van der Waals surface area (Å²) in [5, 5.41) is 1.65. The first-order chi connectivity index (χ1) is 17.0. The number of aromatic nitrogens is 2. The highest BCUT2D eigenvalue weighted by Gasteiger charge is 2.23. The van der Waals surface area contributed by atoms with Gasteiger partial charge in [0.2, 0.25) is 0 Å². The zero-order valence-corrected chi connectivity index (χ0v) is 18.7. The van der Waals surface area contributed by atoms with Crippen molar-refractivity contribution in [3.05, 3.63) is 96.6 Å². The van der Waals surface area contributed by atoms with Crippen molar-refractivity contribution in [1.29, 1.82) is 0 Å². The van der Waals surface area contributed by atoms with E-state index in [1.54, 1.807) is 12.1 Å². The minimum Gasteiger partial charge on any atom is -0.453 e. The maximum Gasteiger partial charge on any atom is 0.151 e. The number of hydrogen-bond acceptors (Lipinski definition) is 2. The first kappa shape index (κ1) is 19.9. The predicted molar refractivity (Wildman–Crippen MR) is 136 cm³/mol. The Morgan fingerprint density at radius 1 is 0.600 bits per heavy atom. The molecule has 0 saturated heterocycles. The van der Waals surface area contributed by atoms with Crippen LogP contribution in [0.3, 0.4) is 0 Å². The Kier molecular flexibility index (Phi) is 4.09. The fourth-order valence-electron chi connectivity index (χ4n) is 4.85. The van der Waals surface area contributed by atoms with E-state index in [2.05, 4.69) is 14.9 Å². The van der Waals surface area contributed by atoms with Crippen molar-refractivity contribution in [3.8, 4) is 34.0 Å². The van der Waals surface area contributed by atoms with Crippen molar-refractivity contribution in [1.82, 2.24) is 9.97 Å². The molecule has 35 heavy (non-hydrogen) atoms. The quantitative estimate of drug-likeness (QED) is 0.272. The summed E-state index contributed by atoms with van der Waals surface area (Å²) in [7, 11) is 2.01. The van der Waals surface area contributed by atoms with Gasteiger partial charge in [-0.25, -0.2) is 8.78 Å². The summed E-state index contributed by atoms with van der Waals surface area (Å²) in [6.45, 7) is 0. The number of hydrogen-bond donors (Lipinski definition) is 2. The van der Waals surface area contributed by atoms with Gasteiger partial charge in [0.1, 0.15) is 11.6 Å². The lowest BCUT2D eigenvalue weighted by Crippen LogP contribution is -2.15. The van der Waals surface area contributed by atoms with Gasteiger partial charge < -0.3 is 19.6 Å². The van der Waals surface area contributed by atoms with Crippen molar-refractivity contribution >= 4 is 33.2 Å². The first-order valence-corrected chi connectivity index (χ1v) is 11.3. The van der Waals surface area contributed by atoms with Gasteiger partial charge in [-0.2, -0.15) is 0 Å². The minimum absolute atomic E-state index is 0.258. The lowest BCUT2D eigenvalue weighted by Gasteiger charge is -2.30. The molecule has 0 spiro atoms. The molecule has 1 aliphatic heterocycles. The van der Waals surface area contributed by atoms with Crippen molar-refractivity contribution in [3.63, 3.8) is 0 Å². The van der Waals surface area contributed by atoms with E-state index in [0.29, 0.717) is 0 Å². The second-order valence-electron chi connectivity index (χ2n) is 8.86. The molecule has 6 aromatic rings. The van der Waals surface area contributed by atoms with Gasteiger partial charge in [0.15, 0.2) is 11.5 Å². The Morgan fingerprint density at radius 3 is 1.57 bits per heavy atom. The summed E-state index contributed by atoms with van der Waals surface area (Å²) >= 11 is 0. The molecule has 0 amide bonds. The largest absolute Gasteiger partial charge is 0.453 e. The van der Waals surface area contributed by atoms with Crippen LogP contribution in [-0.4, -0.2) is 17.0 Å². The molecule has 4 aromatic carbocycles. The number of fused-ring (bicyclic) bond motifs is 4. The smallest absolute Gasteiger partial charge is 0.151 e. The van der Waals surface area contributed by atoms with Gasteiger partial charge in [-0.1, -0.05) is 12.1 Å². The molecule has 0 atom stereocenters. The van der Waals surface area contributed by atoms with E-state index in [1.807, 2.05) is 55.6 Å². The highest BCUT2D eigenvalue weighted by atomic mass is 19.1. The molecule has 0 saturated carbocycles. The molecule has 1 aliphatic rings. The number of ether oxygens (including phenoxy) is 1. The molecule has 6 heteroatoms. The maximum atomic E-state index is 13.6. The molecule has 0 fully saturated rings. The number of benzene rings is 4. The van der Waals surface area contributed by atoms with Crippen molar-refractivity contribution < 1.29 is 13.5 Å². The number of anilines is 2. The van der Waals surface area contributed by atoms with Crippen LogP contribution in [-0.2, 0) is 0 Å². The minimum atomic E-state index is -0.258. The van der Waals surface area contributed by atoms with Crippen LogP contribution in [0.15, 0.2) is 84.9 Å². The molecule has 4 nitrogen and oxygen atoms in total. The van der Waals surface area contributed by atoms with E-state index in [1.165, 1.54) is 24.3 Å². The maximum absolute atomic E-state index is 13.6. The Hall–Kier alpha value is -4.58. The van der Waals surface area contributed by atoms with Crippen LogP contribution in [0.25, 0.3) is 44.3 Å². The van der Waals surface area contributed by atoms with Gasteiger partial charge in [-0.15, -0.1) is 0 Å². The number of halogens is 2. The molecule has 2 aromatic heterocycles. The highest BCUT2D eigenvalue weighted by molar-refractivity contribution is 5.89. The topological polar surface area (TPSA) is 44.0 Å². The average molecular weight is 463 g/mol. The molecule has 0 bridgehead atoms. The molecule has 0 radical (unpaired) electrons. The molecule has 0 aliphatic carbocycles. The summed E-state index contributed by atoms with van der Waals surface area (Å²) < 4.78 is 33.6. The summed E-state index contributed by atoms with van der Waals surface area (Å²) in [4.78, 5) is 8.81. The van der Waals surface area contributed by atoms with E-state index in [4.69, 9.17) is 4.74 Å². The summed E-state index contributed by atoms with van der Waals surface area (Å²) in [6, 6.07) is 25.4. The Balaban J connectivity index is 1.27. The van der Waals surface area contributed by atoms with Crippen LogP contribution in [0.5, 0.6) is 11.5 Å². The monoisotopic (exact) mass is 463 g/mol. The van der Waals surface area contributed by atoms with E-state index in [-0.39, 0.29) is 11.6 Å². The molecule has 3 heterocycles. The summed E-state index contributed by atoms with van der Waals surface area (Å²) in [5.74, 6) is 0.952. The third kappa shape index (κ3) is 3.18. The normalized spacial score (nSPS) is 12.6. The standard InChI is InChI=1S/C29H19F2N3O/c1-34-26-8-2-16(24-12-18-10-20(30)4-6-22(18)32-24)14-28(26)35-29-15-17(3-9-27(29)34)25-13-19-11-21(31)5-7-23(19)33-25/h2-15,32-33H,1H3. The lowest BCUT2D eigenvalue weighted by molar-refractivity contribution is 0.476. The molecule has 170 valence electrons. The van der Waals surface area contributed by atoms with Crippen molar-refractivity contribution in [2.75, 3.05) is 11.9 Å². The predicted octanol–water partition coefficient (Wildman–Crippen LogP) is 8.14. The molecular weight excluding hydrogens is 444 g/mol. The molecule has 0 unspecified atom stereocenters. The van der Waals surface area contributed by atoms with Gasteiger partial charge >= 0.3 is 0 Å². The van der Waals surface area contributed by atoms with E-state index in [9.17, 15) is 8.78 Å². The average Bonchev–Trinajstić information content (AvgIpc) is 3.47. The second-order valence-corrected chi connectivity index (χ2v) is 8.86. The highest BCUT2D eigenvalue weighted by Crippen LogP contribution is 2.48. The number of rotatable bonds is 2. The number of aromatic amines is 2. The SMILES string of the molecule is CN1c2ccc(-c3cc4cc(F)ccc4[nH]3)cc2Oc2cc(-c3cc4cc(F)ccc4[nH]3)ccc21. The van der Waals surface area contributed by atoms with Crippen molar-refractivity contribution in [2.45, 2.75) is 0 Å². The van der Waals surface area contributed by atoms with Gasteiger partial charge in [0.05, 0.1) is 11.4 Å². The van der Waals surface area contributed by atoms with Gasteiger partial charge in [-0.05, 0) is 72.8 Å². The van der Waals surface area contributed by atoms with Crippen LogP contribution < -0.4 is 9.64 Å². The summed E-state index contributed by atoms with van der Waals surface area (Å²) in [5.41, 5.74) is 7.36. The number of nitrogens with zero attached hydrogens (tertiary/aromatic N) is 1. The zero-order chi connectivity index (χ0) is 23.7. The van der Waals surface area contributed by atoms with E-state index in [0.717, 1.165) is 67.2 Å². The van der Waals surface area contributed by atoms with Crippen LogP contribution in [0.2, 0.25) is 0 Å². The van der Waals surface area contributed by atoms with E-state index >= 15 is 0 Å². The molecule has 2 N–H and O–H groups in total.